The van der Waals surface area contributed by atoms with Crippen LogP contribution >= 0.6 is 35.3 Å². The molecule has 0 saturated carbocycles. The van der Waals surface area contributed by atoms with Gasteiger partial charge in [-0.3, -0.25) is 19.8 Å². The average molecular weight is 479 g/mol. The number of aliphatic imine (C=N–C) groups is 1. The van der Waals surface area contributed by atoms with Gasteiger partial charge in [0.15, 0.2) is 5.96 Å². The van der Waals surface area contributed by atoms with Crippen molar-refractivity contribution in [3.63, 3.8) is 0 Å². The summed E-state index contributed by atoms with van der Waals surface area (Å²) in [5.41, 5.74) is 1.09. The van der Waals surface area contributed by atoms with E-state index in [1.807, 2.05) is 0 Å². The minimum absolute atomic E-state index is 0. The van der Waals surface area contributed by atoms with Gasteiger partial charge in [-0.2, -0.15) is 5.10 Å². The number of hydrogen-bond donors (Lipinski definition) is 2. The lowest BCUT2D eigenvalue weighted by Crippen LogP contribution is -2.38. The molecule has 0 radical (unpaired) electrons. The monoisotopic (exact) mass is 479 g/mol. The third-order valence-electron chi connectivity index (χ3n) is 3.26. The van der Waals surface area contributed by atoms with Crippen LogP contribution in [0.5, 0.6) is 0 Å². The number of nitro groups is 1. The summed E-state index contributed by atoms with van der Waals surface area (Å²) in [6.07, 6.45) is 2.64. The van der Waals surface area contributed by atoms with E-state index in [2.05, 4.69) is 44.9 Å². The Hall–Kier alpha value is -1.76. The van der Waals surface area contributed by atoms with Gasteiger partial charge in [0.2, 0.25) is 0 Å². The number of rotatable bonds is 7. The summed E-state index contributed by atoms with van der Waals surface area (Å²) in [5, 5.41) is 24.0. The molecule has 0 atom stereocenters. The lowest BCUT2D eigenvalue weighted by molar-refractivity contribution is -0.385. The molecule has 0 aliphatic heterocycles. The average Bonchev–Trinajstić information content (AvgIpc) is 3.20. The van der Waals surface area contributed by atoms with Gasteiger partial charge in [-0.1, -0.05) is 13.8 Å². The fraction of sp³-hybridized carbons (Fsp3) is 0.500. The third kappa shape index (κ3) is 6.57. The summed E-state index contributed by atoms with van der Waals surface area (Å²) in [6, 6.07) is 0. The number of nitrogens with zero attached hydrogens (tertiary/aromatic N) is 5. The Labute approximate surface area is 167 Å². The van der Waals surface area contributed by atoms with Crippen molar-refractivity contribution in [3.8, 4) is 0 Å². The van der Waals surface area contributed by atoms with Crippen molar-refractivity contribution in [2.75, 3.05) is 13.6 Å². The Morgan fingerprint density at radius 3 is 2.80 bits per heavy atom. The van der Waals surface area contributed by atoms with Crippen LogP contribution in [-0.4, -0.2) is 39.2 Å². The molecule has 2 rings (SSSR count). The highest BCUT2D eigenvalue weighted by Crippen LogP contribution is 2.17. The van der Waals surface area contributed by atoms with Gasteiger partial charge in [-0.15, -0.1) is 35.3 Å². The molecule has 9 nitrogen and oxygen atoms in total. The number of thiazole rings is 1. The lowest BCUT2D eigenvalue weighted by Gasteiger charge is -2.10. The van der Waals surface area contributed by atoms with Gasteiger partial charge in [0.1, 0.15) is 17.4 Å². The Balaban J connectivity index is 0.00000312. The van der Waals surface area contributed by atoms with Crippen LogP contribution in [-0.2, 0) is 13.1 Å². The van der Waals surface area contributed by atoms with E-state index in [9.17, 15) is 10.1 Å². The van der Waals surface area contributed by atoms with Crippen LogP contribution in [0.15, 0.2) is 22.8 Å². The quantitative estimate of drug-likeness (QED) is 0.208. The summed E-state index contributed by atoms with van der Waals surface area (Å²) < 4.78 is 1.52. The molecule has 0 amide bonds. The molecule has 0 fully saturated rings. The molecule has 0 unspecified atom stereocenters. The molecule has 0 aliphatic rings. The number of guanidine groups is 1. The number of nitrogens with one attached hydrogen (secondary N) is 2. The van der Waals surface area contributed by atoms with Crippen molar-refractivity contribution in [2.24, 2.45) is 4.99 Å². The first-order valence-electron chi connectivity index (χ1n) is 7.55. The highest BCUT2D eigenvalue weighted by molar-refractivity contribution is 14.0. The molecule has 11 heteroatoms. The van der Waals surface area contributed by atoms with E-state index in [-0.39, 0.29) is 29.7 Å². The molecule has 0 aromatic carbocycles. The zero-order chi connectivity index (χ0) is 17.5. The van der Waals surface area contributed by atoms with Crippen LogP contribution < -0.4 is 10.6 Å². The van der Waals surface area contributed by atoms with E-state index in [4.69, 9.17) is 0 Å². The van der Waals surface area contributed by atoms with Gasteiger partial charge in [0, 0.05) is 19.0 Å². The molecule has 0 spiro atoms. The molecule has 0 bridgehead atoms. The molecule has 25 heavy (non-hydrogen) atoms. The van der Waals surface area contributed by atoms with Crippen molar-refractivity contribution in [1.29, 1.82) is 0 Å². The highest BCUT2D eigenvalue weighted by atomic mass is 127. The van der Waals surface area contributed by atoms with Crippen LogP contribution in [0.25, 0.3) is 0 Å². The van der Waals surface area contributed by atoms with E-state index >= 15 is 0 Å². The second-order valence-corrected chi connectivity index (χ2v) is 6.33. The highest BCUT2D eigenvalue weighted by Gasteiger charge is 2.09. The fourth-order valence-electron chi connectivity index (χ4n) is 1.91. The van der Waals surface area contributed by atoms with Gasteiger partial charge in [0.25, 0.3) is 0 Å². The summed E-state index contributed by atoms with van der Waals surface area (Å²) >= 11 is 1.62. The SMILES string of the molecule is CN=C(NCCn1cc([N+](=O)[O-])cn1)NCc1nc(C(C)C)cs1.I. The maximum atomic E-state index is 10.6. The van der Waals surface area contributed by atoms with Gasteiger partial charge in [-0.05, 0) is 5.92 Å². The molecular formula is C14H22IN7O2S. The normalized spacial score (nSPS) is 11.3. The standard InChI is InChI=1S/C14H21N7O2S.HI/c1-10(2)12-9-24-13(19-12)7-17-14(15-3)16-4-5-20-8-11(6-18-20)21(22)23;/h6,8-10H,4-5,7H2,1-3H3,(H2,15,16,17);1H. The Bertz CT molecular complexity index is 714. The van der Waals surface area contributed by atoms with Crippen molar-refractivity contribution in [2.45, 2.75) is 32.9 Å². The zero-order valence-corrected chi connectivity index (χ0v) is 17.4. The second-order valence-electron chi connectivity index (χ2n) is 5.39. The molecule has 2 N–H and O–H groups in total. The molecule has 0 aliphatic carbocycles. The van der Waals surface area contributed by atoms with Gasteiger partial charge < -0.3 is 10.6 Å². The van der Waals surface area contributed by atoms with E-state index in [1.165, 1.54) is 17.1 Å². The van der Waals surface area contributed by atoms with Gasteiger partial charge in [-0.25, -0.2) is 4.98 Å². The maximum Gasteiger partial charge on any atom is 0.306 e. The first-order valence-corrected chi connectivity index (χ1v) is 8.43. The number of hydrogen-bond acceptors (Lipinski definition) is 6. The van der Waals surface area contributed by atoms with E-state index in [1.54, 1.807) is 18.4 Å². The number of aromatic nitrogens is 3. The predicted molar refractivity (Wildman–Crippen MR) is 109 cm³/mol. The second kappa shape index (κ2) is 10.3. The van der Waals surface area contributed by atoms with Crippen molar-refractivity contribution < 1.29 is 4.92 Å². The summed E-state index contributed by atoms with van der Waals surface area (Å²) in [7, 11) is 1.69. The number of halogens is 1. The molecular weight excluding hydrogens is 457 g/mol. The Kier molecular flexibility index (Phi) is 8.75. The van der Waals surface area contributed by atoms with Crippen LogP contribution in [0.3, 0.4) is 0 Å². The van der Waals surface area contributed by atoms with E-state index < -0.39 is 4.92 Å². The molecule has 2 aromatic heterocycles. The predicted octanol–water partition coefficient (Wildman–Crippen LogP) is 2.35. The lowest BCUT2D eigenvalue weighted by atomic mass is 10.2. The largest absolute Gasteiger partial charge is 0.355 e. The fourth-order valence-corrected chi connectivity index (χ4v) is 2.80. The summed E-state index contributed by atoms with van der Waals surface area (Å²) in [4.78, 5) is 18.8. The summed E-state index contributed by atoms with van der Waals surface area (Å²) in [5.74, 6) is 1.07. The molecule has 2 aromatic rings. The third-order valence-corrected chi connectivity index (χ3v) is 4.12. The zero-order valence-electron chi connectivity index (χ0n) is 14.3. The first-order chi connectivity index (χ1) is 11.5. The minimum atomic E-state index is -0.461. The van der Waals surface area contributed by atoms with Crippen molar-refractivity contribution in [1.82, 2.24) is 25.4 Å². The van der Waals surface area contributed by atoms with Crippen molar-refractivity contribution in [3.05, 3.63) is 38.6 Å². The van der Waals surface area contributed by atoms with Gasteiger partial charge in [0.05, 0.1) is 23.7 Å². The van der Waals surface area contributed by atoms with Gasteiger partial charge >= 0.3 is 5.69 Å². The Morgan fingerprint density at radius 1 is 1.48 bits per heavy atom. The molecule has 2 heterocycles. The minimum Gasteiger partial charge on any atom is -0.355 e. The molecule has 138 valence electrons. The topological polar surface area (TPSA) is 110 Å². The summed E-state index contributed by atoms with van der Waals surface area (Å²) in [6.45, 7) is 5.89. The van der Waals surface area contributed by atoms with E-state index in [0.717, 1.165) is 10.7 Å². The van der Waals surface area contributed by atoms with Crippen LogP contribution in [0.1, 0.15) is 30.5 Å². The smallest absolute Gasteiger partial charge is 0.306 e. The maximum absolute atomic E-state index is 10.6. The van der Waals surface area contributed by atoms with Crippen LogP contribution in [0.4, 0.5) is 5.69 Å². The Morgan fingerprint density at radius 2 is 2.24 bits per heavy atom. The van der Waals surface area contributed by atoms with E-state index in [0.29, 0.717) is 31.5 Å². The van der Waals surface area contributed by atoms with Crippen molar-refractivity contribution >= 4 is 47.0 Å². The van der Waals surface area contributed by atoms with Crippen LogP contribution in [0, 0.1) is 10.1 Å². The molecule has 0 saturated heterocycles. The van der Waals surface area contributed by atoms with Crippen LogP contribution in [0.2, 0.25) is 0 Å². The first kappa shape index (κ1) is 21.3.